The van der Waals surface area contributed by atoms with Gasteiger partial charge in [0.05, 0.1) is 30.3 Å². The van der Waals surface area contributed by atoms with E-state index < -0.39 is 0 Å². The second-order valence-electron chi connectivity index (χ2n) is 5.47. The number of ether oxygens (including phenoxy) is 1. The van der Waals surface area contributed by atoms with E-state index in [1.165, 1.54) is 4.68 Å². The van der Waals surface area contributed by atoms with Gasteiger partial charge in [0.15, 0.2) is 0 Å². The molecule has 3 rings (SSSR count). The van der Waals surface area contributed by atoms with E-state index in [1.807, 2.05) is 35.7 Å². The minimum atomic E-state index is -0.218. The van der Waals surface area contributed by atoms with Crippen LogP contribution in [0.15, 0.2) is 46.1 Å². The fourth-order valence-corrected chi connectivity index (χ4v) is 2.78. The van der Waals surface area contributed by atoms with E-state index >= 15 is 0 Å². The monoisotopic (exact) mass is 327 g/mol. The number of hydrogen-bond donors (Lipinski definition) is 0. The van der Waals surface area contributed by atoms with Crippen LogP contribution < -0.4 is 5.56 Å². The molecule has 1 heterocycles. The van der Waals surface area contributed by atoms with Crippen molar-refractivity contribution in [2.24, 2.45) is 0 Å². The van der Waals surface area contributed by atoms with Gasteiger partial charge in [0.2, 0.25) is 0 Å². The van der Waals surface area contributed by atoms with Crippen molar-refractivity contribution in [3.8, 4) is 5.40 Å². The second-order valence-corrected chi connectivity index (χ2v) is 6.29. The molecule has 0 unspecified atom stereocenters. The van der Waals surface area contributed by atoms with Crippen molar-refractivity contribution in [2.75, 3.05) is 6.61 Å². The molecule has 0 atom stereocenters. The molecule has 0 amide bonds. The summed E-state index contributed by atoms with van der Waals surface area (Å²) in [6.45, 7) is 1.31. The lowest BCUT2D eigenvalue weighted by atomic mass is 10.2. The first-order valence-electron chi connectivity index (χ1n) is 7.57. The molecule has 5 nitrogen and oxygen atoms in total. The van der Waals surface area contributed by atoms with Gasteiger partial charge in [-0.15, -0.1) is 0 Å². The third-order valence-corrected chi connectivity index (χ3v) is 4.27. The summed E-state index contributed by atoms with van der Waals surface area (Å²) >= 11 is 0.903. The molecular formula is C17H17N3O2S. The highest BCUT2D eigenvalue weighted by atomic mass is 32.2. The summed E-state index contributed by atoms with van der Waals surface area (Å²) in [6, 6.07) is 11.7. The largest absolute Gasteiger partial charge is 0.375 e. The molecule has 0 saturated heterocycles. The first kappa shape index (κ1) is 15.8. The van der Waals surface area contributed by atoms with Gasteiger partial charge in [-0.25, -0.2) is 4.68 Å². The van der Waals surface area contributed by atoms with E-state index in [0.717, 1.165) is 35.9 Å². The zero-order valence-corrected chi connectivity index (χ0v) is 13.5. The van der Waals surface area contributed by atoms with Crippen molar-refractivity contribution in [2.45, 2.75) is 36.8 Å². The Bertz CT molecular complexity index is 764. The van der Waals surface area contributed by atoms with Crippen molar-refractivity contribution in [3.63, 3.8) is 0 Å². The Balaban J connectivity index is 1.64. The van der Waals surface area contributed by atoms with E-state index in [0.29, 0.717) is 30.6 Å². The summed E-state index contributed by atoms with van der Waals surface area (Å²) in [4.78, 5) is 12.7. The Morgan fingerprint density at radius 2 is 2.13 bits per heavy atom. The van der Waals surface area contributed by atoms with Crippen LogP contribution in [0.1, 0.15) is 30.0 Å². The number of aromatic nitrogens is 2. The van der Waals surface area contributed by atoms with Crippen LogP contribution in [0.4, 0.5) is 0 Å². The maximum atomic E-state index is 12.3. The zero-order chi connectivity index (χ0) is 16.1. The lowest BCUT2D eigenvalue weighted by molar-refractivity contribution is 0.109. The average molecular weight is 327 g/mol. The van der Waals surface area contributed by atoms with E-state index in [9.17, 15) is 4.79 Å². The van der Waals surface area contributed by atoms with Crippen LogP contribution in [0.25, 0.3) is 0 Å². The van der Waals surface area contributed by atoms with Crippen LogP contribution in [0, 0.1) is 10.7 Å². The molecule has 118 valence electrons. The van der Waals surface area contributed by atoms with Gasteiger partial charge in [-0.2, -0.15) is 10.4 Å². The highest BCUT2D eigenvalue weighted by molar-refractivity contribution is 8.03. The van der Waals surface area contributed by atoms with Crippen LogP contribution in [-0.2, 0) is 17.9 Å². The predicted octanol–water partition coefficient (Wildman–Crippen LogP) is 2.91. The number of rotatable bonds is 7. The lowest BCUT2D eigenvalue weighted by Gasteiger charge is -2.09. The summed E-state index contributed by atoms with van der Waals surface area (Å²) < 4.78 is 7.05. The van der Waals surface area contributed by atoms with E-state index in [1.54, 1.807) is 6.07 Å². The van der Waals surface area contributed by atoms with E-state index in [4.69, 9.17) is 10.00 Å². The quantitative estimate of drug-likeness (QED) is 0.444. The third-order valence-electron chi connectivity index (χ3n) is 3.67. The summed E-state index contributed by atoms with van der Waals surface area (Å²) in [7, 11) is 0. The molecule has 0 bridgehead atoms. The first-order chi connectivity index (χ1) is 11.3. The maximum absolute atomic E-state index is 12.3. The van der Waals surface area contributed by atoms with Crippen molar-refractivity contribution in [1.82, 2.24) is 9.78 Å². The highest BCUT2D eigenvalue weighted by Crippen LogP contribution is 2.39. The number of hydrogen-bond acceptors (Lipinski definition) is 5. The van der Waals surface area contributed by atoms with Crippen LogP contribution in [0.2, 0.25) is 0 Å². The fourth-order valence-electron chi connectivity index (χ4n) is 2.30. The van der Waals surface area contributed by atoms with Gasteiger partial charge in [0.25, 0.3) is 5.56 Å². The number of benzene rings is 1. The fraction of sp³-hybridized carbons (Fsp3) is 0.353. The molecule has 6 heteroatoms. The highest BCUT2D eigenvalue weighted by Gasteiger charge is 2.26. The van der Waals surface area contributed by atoms with Crippen LogP contribution >= 0.6 is 11.8 Å². The van der Waals surface area contributed by atoms with Crippen LogP contribution in [0.5, 0.6) is 0 Å². The van der Waals surface area contributed by atoms with Gasteiger partial charge in [0, 0.05) is 5.92 Å². The first-order valence-corrected chi connectivity index (χ1v) is 8.39. The van der Waals surface area contributed by atoms with Gasteiger partial charge >= 0.3 is 0 Å². The van der Waals surface area contributed by atoms with Crippen LogP contribution in [0.3, 0.4) is 0 Å². The van der Waals surface area contributed by atoms with Gasteiger partial charge in [-0.1, -0.05) is 30.3 Å². The van der Waals surface area contributed by atoms with E-state index in [2.05, 4.69) is 5.10 Å². The molecule has 1 aromatic carbocycles. The number of nitrogens with zero attached hydrogens (tertiary/aromatic N) is 3. The van der Waals surface area contributed by atoms with Crippen molar-refractivity contribution in [1.29, 1.82) is 5.26 Å². The minimum absolute atomic E-state index is 0.218. The number of thiocyanates is 1. The van der Waals surface area contributed by atoms with E-state index in [-0.39, 0.29) is 5.56 Å². The molecule has 1 aliphatic rings. The number of nitriles is 1. The van der Waals surface area contributed by atoms with Crippen molar-refractivity contribution in [3.05, 3.63) is 58.0 Å². The average Bonchev–Trinajstić information content (AvgIpc) is 3.41. The lowest BCUT2D eigenvalue weighted by Crippen LogP contribution is -2.27. The summed E-state index contributed by atoms with van der Waals surface area (Å²) in [6.07, 6.45) is 2.21. The Kier molecular flexibility index (Phi) is 5.11. The standard InChI is InChI=1S/C17H17N3O2S/c18-12-23-16-10-15(14-6-7-14)19-20(17(16)21)8-9-22-11-13-4-2-1-3-5-13/h1-5,10,14H,6-9,11H2. The predicted molar refractivity (Wildman–Crippen MR) is 88.0 cm³/mol. The summed E-state index contributed by atoms with van der Waals surface area (Å²) in [5, 5.41) is 15.2. The zero-order valence-electron chi connectivity index (χ0n) is 12.6. The minimum Gasteiger partial charge on any atom is -0.375 e. The Hall–Kier alpha value is -2.10. The maximum Gasteiger partial charge on any atom is 0.281 e. The normalized spacial score (nSPS) is 13.7. The number of thioether (sulfide) groups is 1. The molecule has 1 fully saturated rings. The van der Waals surface area contributed by atoms with Crippen molar-refractivity contribution < 1.29 is 4.74 Å². The Morgan fingerprint density at radius 1 is 1.35 bits per heavy atom. The summed E-state index contributed by atoms with van der Waals surface area (Å²) in [5.41, 5.74) is 1.79. The molecule has 2 aromatic rings. The van der Waals surface area contributed by atoms with Crippen LogP contribution in [-0.4, -0.2) is 16.4 Å². The Labute approximate surface area is 138 Å². The molecule has 0 radical (unpaired) electrons. The molecule has 1 saturated carbocycles. The van der Waals surface area contributed by atoms with Gasteiger partial charge in [-0.05, 0) is 36.2 Å². The SMILES string of the molecule is N#CSc1cc(C2CC2)nn(CCOCc2ccccc2)c1=O. The molecule has 0 aliphatic heterocycles. The molecule has 1 aromatic heterocycles. The summed E-state index contributed by atoms with van der Waals surface area (Å²) in [5.74, 6) is 0.435. The van der Waals surface area contributed by atoms with Gasteiger partial charge < -0.3 is 4.74 Å². The molecule has 23 heavy (non-hydrogen) atoms. The topological polar surface area (TPSA) is 67.9 Å². The molecule has 1 aliphatic carbocycles. The van der Waals surface area contributed by atoms with Gasteiger partial charge in [0.1, 0.15) is 5.40 Å². The smallest absolute Gasteiger partial charge is 0.281 e. The van der Waals surface area contributed by atoms with Crippen molar-refractivity contribution >= 4 is 11.8 Å². The third kappa shape index (κ3) is 4.21. The second kappa shape index (κ2) is 7.44. The Morgan fingerprint density at radius 3 is 2.83 bits per heavy atom. The molecule has 0 N–H and O–H groups in total. The van der Waals surface area contributed by atoms with Gasteiger partial charge in [-0.3, -0.25) is 4.79 Å². The molecule has 0 spiro atoms. The molecular weight excluding hydrogens is 310 g/mol.